The lowest BCUT2D eigenvalue weighted by Crippen LogP contribution is -2.23. The number of aromatic nitrogens is 2. The van der Waals surface area contributed by atoms with Gasteiger partial charge in [-0.25, -0.2) is 14.8 Å². The van der Waals surface area contributed by atoms with Crippen molar-refractivity contribution >= 4 is 34.5 Å². The molecule has 3 aliphatic rings. The standard InChI is InChI=1S/C21H18N4O2/c26-20(27)4-2-13-1-3-17-16(9-13)21(24-12-23-17)25-8-6-15-10-18-14(5-7-22-18)11-19(15)25/h1-5,9,12H,6-8,10-11H2,(H,26,27). The van der Waals surface area contributed by atoms with Crippen molar-refractivity contribution in [1.82, 2.24) is 9.97 Å². The molecule has 0 fully saturated rings. The fourth-order valence-corrected chi connectivity index (χ4v) is 4.12. The SMILES string of the molecule is O=C(O)C=Cc1ccc2ncnc(N3CCC4=C3CC3=CCN=C3C4)c2c1. The maximum Gasteiger partial charge on any atom is 0.328 e. The van der Waals surface area contributed by atoms with Crippen LogP contribution in [0.3, 0.4) is 0 Å². The Labute approximate surface area is 156 Å². The molecule has 1 aliphatic carbocycles. The Bertz CT molecular complexity index is 1090. The summed E-state index contributed by atoms with van der Waals surface area (Å²) in [5, 5.41) is 9.82. The van der Waals surface area contributed by atoms with E-state index >= 15 is 0 Å². The van der Waals surface area contributed by atoms with Gasteiger partial charge in [0.2, 0.25) is 0 Å². The highest BCUT2D eigenvalue weighted by Crippen LogP contribution is 2.41. The minimum Gasteiger partial charge on any atom is -0.478 e. The Balaban J connectivity index is 1.58. The first-order valence-electron chi connectivity index (χ1n) is 9.06. The number of nitrogens with zero attached hydrogens (tertiary/aromatic N) is 4. The lowest BCUT2D eigenvalue weighted by Gasteiger charge is -2.26. The molecule has 1 aromatic carbocycles. The van der Waals surface area contributed by atoms with E-state index < -0.39 is 5.97 Å². The van der Waals surface area contributed by atoms with Crippen molar-refractivity contribution in [3.63, 3.8) is 0 Å². The zero-order valence-corrected chi connectivity index (χ0v) is 14.7. The van der Waals surface area contributed by atoms with Gasteiger partial charge in [-0.15, -0.1) is 0 Å². The Morgan fingerprint density at radius 2 is 2.15 bits per heavy atom. The van der Waals surface area contributed by atoms with E-state index in [9.17, 15) is 4.79 Å². The number of aliphatic carboxylic acids is 1. The molecule has 2 aliphatic heterocycles. The summed E-state index contributed by atoms with van der Waals surface area (Å²) in [7, 11) is 0. The minimum atomic E-state index is -0.960. The number of carboxylic acid groups (broad SMARTS) is 1. The molecule has 0 unspecified atom stereocenters. The van der Waals surface area contributed by atoms with Crippen LogP contribution in [0.25, 0.3) is 17.0 Å². The molecule has 0 atom stereocenters. The molecule has 0 saturated carbocycles. The fourth-order valence-electron chi connectivity index (χ4n) is 4.12. The second-order valence-corrected chi connectivity index (χ2v) is 6.97. The van der Waals surface area contributed by atoms with Crippen molar-refractivity contribution in [3.05, 3.63) is 59.1 Å². The number of fused-ring (bicyclic) bond motifs is 2. The molecule has 0 saturated heterocycles. The van der Waals surface area contributed by atoms with Crippen LogP contribution in [0.2, 0.25) is 0 Å². The van der Waals surface area contributed by atoms with Crippen molar-refractivity contribution in [2.24, 2.45) is 4.99 Å². The minimum absolute atomic E-state index is 0.806. The molecule has 0 amide bonds. The molecule has 5 rings (SSSR count). The Kier molecular flexibility index (Phi) is 3.63. The molecule has 134 valence electrons. The largest absolute Gasteiger partial charge is 0.478 e. The summed E-state index contributed by atoms with van der Waals surface area (Å²) >= 11 is 0. The number of rotatable bonds is 3. The predicted octanol–water partition coefficient (Wildman–Crippen LogP) is 3.37. The number of carboxylic acids is 1. The second-order valence-electron chi connectivity index (χ2n) is 6.97. The lowest BCUT2D eigenvalue weighted by molar-refractivity contribution is -0.131. The number of hydrogen-bond donors (Lipinski definition) is 1. The van der Waals surface area contributed by atoms with E-state index in [0.29, 0.717) is 0 Å². The van der Waals surface area contributed by atoms with Gasteiger partial charge in [-0.3, -0.25) is 4.99 Å². The molecule has 0 radical (unpaired) electrons. The van der Waals surface area contributed by atoms with E-state index in [1.54, 1.807) is 12.4 Å². The summed E-state index contributed by atoms with van der Waals surface area (Å²) < 4.78 is 0. The first kappa shape index (κ1) is 15.9. The van der Waals surface area contributed by atoms with Gasteiger partial charge in [0.05, 0.1) is 12.1 Å². The normalized spacial score (nSPS) is 18.7. The van der Waals surface area contributed by atoms with Gasteiger partial charge in [0.25, 0.3) is 0 Å². The summed E-state index contributed by atoms with van der Waals surface area (Å²) in [6.07, 6.45) is 9.48. The van der Waals surface area contributed by atoms with Crippen molar-refractivity contribution < 1.29 is 9.90 Å². The molecule has 1 N–H and O–H groups in total. The molecule has 6 nitrogen and oxygen atoms in total. The Morgan fingerprint density at radius 1 is 1.22 bits per heavy atom. The zero-order chi connectivity index (χ0) is 18.4. The highest BCUT2D eigenvalue weighted by molar-refractivity contribution is 6.05. The maximum absolute atomic E-state index is 10.8. The van der Waals surface area contributed by atoms with Crippen LogP contribution in [0.1, 0.15) is 24.8 Å². The molecule has 27 heavy (non-hydrogen) atoms. The number of anilines is 1. The molecule has 1 aromatic heterocycles. The third-order valence-corrected chi connectivity index (χ3v) is 5.41. The summed E-state index contributed by atoms with van der Waals surface area (Å²) in [5.74, 6) is -0.0620. The van der Waals surface area contributed by atoms with Crippen LogP contribution in [0.15, 0.2) is 58.5 Å². The molecule has 0 spiro atoms. The third kappa shape index (κ3) is 2.73. The summed E-state index contributed by atoms with van der Waals surface area (Å²) in [6, 6.07) is 5.76. The quantitative estimate of drug-likeness (QED) is 0.851. The highest BCUT2D eigenvalue weighted by atomic mass is 16.4. The van der Waals surface area contributed by atoms with E-state index in [2.05, 4.69) is 25.9 Å². The van der Waals surface area contributed by atoms with Crippen molar-refractivity contribution in [1.29, 1.82) is 0 Å². The van der Waals surface area contributed by atoms with E-state index in [-0.39, 0.29) is 0 Å². The molecule has 3 heterocycles. The van der Waals surface area contributed by atoms with Gasteiger partial charge in [0.15, 0.2) is 0 Å². The van der Waals surface area contributed by atoms with Crippen molar-refractivity contribution in [2.75, 3.05) is 18.0 Å². The van der Waals surface area contributed by atoms with Crippen LogP contribution in [0.4, 0.5) is 5.82 Å². The second kappa shape index (κ2) is 6.16. The van der Waals surface area contributed by atoms with Gasteiger partial charge in [-0.1, -0.05) is 12.1 Å². The van der Waals surface area contributed by atoms with Gasteiger partial charge in [-0.2, -0.15) is 0 Å². The Hall–Kier alpha value is -3.28. The van der Waals surface area contributed by atoms with Crippen LogP contribution >= 0.6 is 0 Å². The van der Waals surface area contributed by atoms with Crippen molar-refractivity contribution in [3.8, 4) is 0 Å². The summed E-state index contributed by atoms with van der Waals surface area (Å²) in [6.45, 7) is 1.72. The zero-order valence-electron chi connectivity index (χ0n) is 14.7. The van der Waals surface area contributed by atoms with Crippen LogP contribution in [-0.2, 0) is 4.79 Å². The van der Waals surface area contributed by atoms with Crippen LogP contribution in [-0.4, -0.2) is 39.8 Å². The first-order chi connectivity index (χ1) is 13.2. The summed E-state index contributed by atoms with van der Waals surface area (Å²) in [5.41, 5.74) is 7.09. The van der Waals surface area contributed by atoms with Gasteiger partial charge in [-0.05, 0) is 41.3 Å². The molecule has 2 aromatic rings. The van der Waals surface area contributed by atoms with E-state index in [1.165, 1.54) is 22.6 Å². The number of allylic oxidation sites excluding steroid dienone is 1. The number of hydrogen-bond acceptors (Lipinski definition) is 5. The predicted molar refractivity (Wildman–Crippen MR) is 105 cm³/mol. The average molecular weight is 358 g/mol. The Morgan fingerprint density at radius 3 is 3.04 bits per heavy atom. The van der Waals surface area contributed by atoms with E-state index in [4.69, 9.17) is 5.11 Å². The first-order valence-corrected chi connectivity index (χ1v) is 9.06. The van der Waals surface area contributed by atoms with Gasteiger partial charge >= 0.3 is 5.97 Å². The molecular weight excluding hydrogens is 340 g/mol. The van der Waals surface area contributed by atoms with Crippen LogP contribution in [0.5, 0.6) is 0 Å². The average Bonchev–Trinajstić information content (AvgIpc) is 3.30. The van der Waals surface area contributed by atoms with Gasteiger partial charge in [0.1, 0.15) is 12.1 Å². The topological polar surface area (TPSA) is 78.7 Å². The maximum atomic E-state index is 10.8. The van der Waals surface area contributed by atoms with E-state index in [1.807, 2.05) is 18.2 Å². The highest BCUT2D eigenvalue weighted by Gasteiger charge is 2.32. The molecule has 6 heteroatoms. The van der Waals surface area contributed by atoms with E-state index in [0.717, 1.165) is 60.7 Å². The van der Waals surface area contributed by atoms with Crippen LogP contribution in [0, 0.1) is 0 Å². The van der Waals surface area contributed by atoms with Gasteiger partial charge < -0.3 is 10.0 Å². The number of carbonyl (C=O) groups is 1. The monoisotopic (exact) mass is 358 g/mol. The third-order valence-electron chi connectivity index (χ3n) is 5.41. The van der Waals surface area contributed by atoms with Gasteiger partial charge in [0, 0.05) is 42.3 Å². The summed E-state index contributed by atoms with van der Waals surface area (Å²) in [4.78, 5) is 26.7. The smallest absolute Gasteiger partial charge is 0.328 e. The molecular formula is C21H18N4O2. The number of aliphatic imine (C=N–C) groups is 1. The van der Waals surface area contributed by atoms with Crippen molar-refractivity contribution in [2.45, 2.75) is 19.3 Å². The fraction of sp³-hybridized carbons (Fsp3) is 0.238. The number of benzene rings is 1. The van der Waals surface area contributed by atoms with Crippen LogP contribution < -0.4 is 4.90 Å². The lowest BCUT2D eigenvalue weighted by atomic mass is 9.91. The molecule has 0 bridgehead atoms.